The van der Waals surface area contributed by atoms with E-state index in [0.717, 1.165) is 21.8 Å². The molecule has 14 heavy (non-hydrogen) atoms. The monoisotopic (exact) mass is 212 g/mol. The number of hydrogen-bond donors (Lipinski definition) is 0. The molecule has 2 aromatic rings. The zero-order valence-corrected chi connectivity index (χ0v) is 9.17. The quantitative estimate of drug-likeness (QED) is 0.677. The lowest BCUT2D eigenvalue weighted by Crippen LogP contribution is -1.83. The predicted octanol–water partition coefficient (Wildman–Crippen LogP) is 1.78. The predicted molar refractivity (Wildman–Crippen MR) is 56.1 cm³/mol. The molecule has 4 nitrogen and oxygen atoms in total. The van der Waals surface area contributed by atoms with Gasteiger partial charge in [-0.1, -0.05) is 11.3 Å². The van der Waals surface area contributed by atoms with Gasteiger partial charge in [-0.3, -0.25) is 9.20 Å². The number of nitrogens with zero attached hydrogens (tertiary/aromatic N) is 2. The molecule has 76 valence electrons. The molecule has 0 atom stereocenters. The number of aldehydes is 1. The molecule has 0 amide bonds. The smallest absolute Gasteiger partial charge is 0.194 e. The minimum atomic E-state index is 0.758. The molecule has 5 heteroatoms. The van der Waals surface area contributed by atoms with Gasteiger partial charge in [-0.05, 0) is 6.92 Å². The minimum Gasteiger partial charge on any atom is -0.388 e. The van der Waals surface area contributed by atoms with E-state index in [4.69, 9.17) is 0 Å². The van der Waals surface area contributed by atoms with E-state index in [1.165, 1.54) is 11.3 Å². The molecule has 0 bridgehead atoms. The van der Waals surface area contributed by atoms with Gasteiger partial charge < -0.3 is 4.74 Å². The minimum absolute atomic E-state index is 0.758. The van der Waals surface area contributed by atoms with E-state index in [2.05, 4.69) is 9.72 Å². The summed E-state index contributed by atoms with van der Waals surface area (Å²) in [6.45, 7) is 1.91. The lowest BCUT2D eigenvalue weighted by atomic mass is 10.4. The second kappa shape index (κ2) is 4.88. The summed E-state index contributed by atoms with van der Waals surface area (Å²) in [7, 11) is 3.25. The second-order valence-corrected chi connectivity index (χ2v) is 3.67. The number of carbonyl (C=O) groups excluding carboxylic acids is 1. The van der Waals surface area contributed by atoms with Gasteiger partial charge >= 0.3 is 0 Å². The maximum Gasteiger partial charge on any atom is 0.194 e. The van der Waals surface area contributed by atoms with Crippen LogP contribution in [0.5, 0.6) is 0 Å². The topological polar surface area (TPSA) is 43.6 Å². The number of hydrogen-bond acceptors (Lipinski definition) is 4. The van der Waals surface area contributed by atoms with Crippen LogP contribution >= 0.6 is 11.3 Å². The summed E-state index contributed by atoms with van der Waals surface area (Å²) < 4.78 is 6.16. The van der Waals surface area contributed by atoms with Crippen molar-refractivity contribution in [1.82, 2.24) is 9.38 Å². The Morgan fingerprint density at radius 2 is 2.21 bits per heavy atom. The number of fused-ring (bicyclic) bond motifs is 1. The number of aryl methyl sites for hydroxylation is 1. The molecular weight excluding hydrogens is 200 g/mol. The molecule has 0 aliphatic carbocycles. The Balaban J connectivity index is 0.000000293. The molecule has 0 aliphatic rings. The Kier molecular flexibility index (Phi) is 3.79. The van der Waals surface area contributed by atoms with E-state index in [0.29, 0.717) is 0 Å². The molecule has 2 aromatic heterocycles. The van der Waals surface area contributed by atoms with Crippen molar-refractivity contribution >= 4 is 22.6 Å². The fraction of sp³-hybridized carbons (Fsp3) is 0.333. The Morgan fingerprint density at radius 1 is 1.57 bits per heavy atom. The van der Waals surface area contributed by atoms with E-state index in [1.54, 1.807) is 20.4 Å². The third kappa shape index (κ3) is 2.00. The van der Waals surface area contributed by atoms with Crippen molar-refractivity contribution in [3.8, 4) is 0 Å². The third-order valence-corrected chi connectivity index (χ3v) is 2.73. The first kappa shape index (κ1) is 10.9. The first-order chi connectivity index (χ1) is 6.74. The van der Waals surface area contributed by atoms with Crippen LogP contribution in [0.4, 0.5) is 0 Å². The Morgan fingerprint density at radius 3 is 2.71 bits per heavy atom. The van der Waals surface area contributed by atoms with Crippen LogP contribution < -0.4 is 0 Å². The summed E-state index contributed by atoms with van der Waals surface area (Å²) in [6.07, 6.45) is 4.45. The van der Waals surface area contributed by atoms with Crippen LogP contribution in [0.2, 0.25) is 0 Å². The standard InChI is InChI=1S/C7H6N2OS.C2H6O/c1-5-6(4-10)11-7-8-2-3-9(5)7;1-3-2/h2-4H,1H3;1-2H3. The summed E-state index contributed by atoms with van der Waals surface area (Å²) in [6, 6.07) is 0. The molecule has 0 radical (unpaired) electrons. The summed E-state index contributed by atoms with van der Waals surface area (Å²) >= 11 is 1.41. The van der Waals surface area contributed by atoms with E-state index < -0.39 is 0 Å². The Hall–Kier alpha value is -1.20. The van der Waals surface area contributed by atoms with Crippen molar-refractivity contribution in [1.29, 1.82) is 0 Å². The van der Waals surface area contributed by atoms with Crippen LogP contribution in [0.25, 0.3) is 4.96 Å². The molecule has 0 saturated carbocycles. The largest absolute Gasteiger partial charge is 0.388 e. The highest BCUT2D eigenvalue weighted by atomic mass is 32.1. The summed E-state index contributed by atoms with van der Waals surface area (Å²) in [5.41, 5.74) is 0.970. The Bertz CT molecular complexity index is 419. The number of methoxy groups -OCH3 is 1. The van der Waals surface area contributed by atoms with Gasteiger partial charge in [-0.2, -0.15) is 0 Å². The van der Waals surface area contributed by atoms with Crippen LogP contribution in [0.3, 0.4) is 0 Å². The van der Waals surface area contributed by atoms with Crippen LogP contribution in [-0.2, 0) is 4.74 Å². The van der Waals surface area contributed by atoms with E-state index in [1.807, 2.05) is 17.5 Å². The summed E-state index contributed by atoms with van der Waals surface area (Å²) in [5, 5.41) is 0. The van der Waals surface area contributed by atoms with Gasteiger partial charge in [0.1, 0.15) is 0 Å². The fourth-order valence-corrected chi connectivity index (χ4v) is 1.92. The summed E-state index contributed by atoms with van der Waals surface area (Å²) in [4.78, 5) is 16.2. The molecule has 0 aromatic carbocycles. The van der Waals surface area contributed by atoms with Crippen molar-refractivity contribution < 1.29 is 9.53 Å². The van der Waals surface area contributed by atoms with Crippen molar-refractivity contribution in [3.63, 3.8) is 0 Å². The highest BCUT2D eigenvalue weighted by Crippen LogP contribution is 2.18. The number of carbonyl (C=O) groups is 1. The number of thiazole rings is 1. The maximum absolute atomic E-state index is 10.5. The first-order valence-corrected chi connectivity index (χ1v) is 4.84. The molecule has 0 unspecified atom stereocenters. The number of imidazole rings is 1. The SMILES string of the molecule is COC.Cc1c(C=O)sc2nccn12. The van der Waals surface area contributed by atoms with Gasteiger partial charge in [0.25, 0.3) is 0 Å². The summed E-state index contributed by atoms with van der Waals surface area (Å²) in [5.74, 6) is 0. The van der Waals surface area contributed by atoms with Crippen molar-refractivity contribution in [2.24, 2.45) is 0 Å². The van der Waals surface area contributed by atoms with E-state index in [9.17, 15) is 4.79 Å². The second-order valence-electron chi connectivity index (χ2n) is 2.66. The van der Waals surface area contributed by atoms with E-state index >= 15 is 0 Å². The average Bonchev–Trinajstić information content (AvgIpc) is 2.70. The molecule has 0 fully saturated rings. The maximum atomic E-state index is 10.5. The molecular formula is C9H12N2O2S. The molecule has 0 N–H and O–H groups in total. The van der Waals surface area contributed by atoms with Crippen LogP contribution in [0, 0.1) is 6.92 Å². The lowest BCUT2D eigenvalue weighted by Gasteiger charge is -1.86. The normalized spacial score (nSPS) is 9.64. The first-order valence-electron chi connectivity index (χ1n) is 4.02. The van der Waals surface area contributed by atoms with Gasteiger partial charge in [0, 0.05) is 32.3 Å². The van der Waals surface area contributed by atoms with E-state index in [-0.39, 0.29) is 0 Å². The van der Waals surface area contributed by atoms with Gasteiger partial charge in [-0.25, -0.2) is 4.98 Å². The number of rotatable bonds is 1. The van der Waals surface area contributed by atoms with Gasteiger partial charge in [0.2, 0.25) is 0 Å². The van der Waals surface area contributed by atoms with Crippen molar-refractivity contribution in [2.75, 3.05) is 14.2 Å². The lowest BCUT2D eigenvalue weighted by molar-refractivity contribution is 0.112. The zero-order chi connectivity index (χ0) is 10.6. The molecule has 2 heterocycles. The molecule has 0 spiro atoms. The van der Waals surface area contributed by atoms with Gasteiger partial charge in [0.15, 0.2) is 11.2 Å². The van der Waals surface area contributed by atoms with Crippen LogP contribution in [0.15, 0.2) is 12.4 Å². The molecule has 0 saturated heterocycles. The van der Waals surface area contributed by atoms with Crippen molar-refractivity contribution in [3.05, 3.63) is 23.0 Å². The average molecular weight is 212 g/mol. The molecule has 0 aliphatic heterocycles. The van der Waals surface area contributed by atoms with Crippen LogP contribution in [0.1, 0.15) is 15.4 Å². The Labute approximate surface area is 86.2 Å². The number of ether oxygens (including phenoxy) is 1. The third-order valence-electron chi connectivity index (χ3n) is 1.63. The molecule has 2 rings (SSSR count). The van der Waals surface area contributed by atoms with Crippen molar-refractivity contribution in [2.45, 2.75) is 6.92 Å². The fourth-order valence-electron chi connectivity index (χ4n) is 1.02. The van der Waals surface area contributed by atoms with Gasteiger partial charge in [-0.15, -0.1) is 0 Å². The van der Waals surface area contributed by atoms with Crippen LogP contribution in [-0.4, -0.2) is 29.9 Å². The zero-order valence-electron chi connectivity index (χ0n) is 8.35. The highest BCUT2D eigenvalue weighted by Gasteiger charge is 2.06. The van der Waals surface area contributed by atoms with Gasteiger partial charge in [0.05, 0.1) is 4.88 Å². The number of aromatic nitrogens is 2. The highest BCUT2D eigenvalue weighted by molar-refractivity contribution is 7.18.